The average molecular weight is 490 g/mol. The number of likely N-dealkylation sites (tertiary alicyclic amines) is 1. The van der Waals surface area contributed by atoms with Crippen LogP contribution in [0.4, 0.5) is 6.01 Å². The Bertz CT molecular complexity index is 1150. The van der Waals surface area contributed by atoms with Crippen molar-refractivity contribution in [1.29, 1.82) is 0 Å². The Kier molecular flexibility index (Phi) is 7.51. The number of rotatable bonds is 8. The van der Waals surface area contributed by atoms with Crippen LogP contribution in [0.2, 0.25) is 0 Å². The molecule has 190 valence electrons. The number of benzene rings is 2. The number of anilines is 1. The van der Waals surface area contributed by atoms with Gasteiger partial charge in [0.25, 0.3) is 0 Å². The maximum atomic E-state index is 12.8. The molecule has 2 aromatic carbocycles. The second kappa shape index (κ2) is 11.1. The molecule has 1 aromatic heterocycles. The summed E-state index contributed by atoms with van der Waals surface area (Å²) >= 11 is 0. The van der Waals surface area contributed by atoms with Crippen LogP contribution in [0.5, 0.6) is 5.75 Å². The topological polar surface area (TPSA) is 83.7 Å². The van der Waals surface area contributed by atoms with Crippen molar-refractivity contribution in [2.45, 2.75) is 32.7 Å². The molecule has 0 aliphatic carbocycles. The number of hydrogen-bond donors (Lipinski definition) is 1. The lowest BCUT2D eigenvalue weighted by Gasteiger charge is -2.30. The van der Waals surface area contributed by atoms with Crippen LogP contribution < -0.4 is 15.0 Å². The number of ether oxygens (including phenoxy) is 1. The minimum atomic E-state index is 0.0343. The fraction of sp³-hybridized carbons (Fsp3) is 0.464. The van der Waals surface area contributed by atoms with Gasteiger partial charge in [-0.05, 0) is 56.3 Å². The summed E-state index contributed by atoms with van der Waals surface area (Å²) in [4.78, 5) is 22.0. The third kappa shape index (κ3) is 5.87. The molecule has 0 spiro atoms. The first kappa shape index (κ1) is 24.3. The van der Waals surface area contributed by atoms with Gasteiger partial charge < -0.3 is 19.5 Å². The van der Waals surface area contributed by atoms with Gasteiger partial charge in [-0.1, -0.05) is 47.1 Å². The first-order valence-electron chi connectivity index (χ1n) is 12.9. The number of carbonyl (C=O) groups excluding carboxylic acids is 1. The summed E-state index contributed by atoms with van der Waals surface area (Å²) in [6.45, 7) is 7.45. The van der Waals surface area contributed by atoms with Crippen molar-refractivity contribution in [3.05, 3.63) is 59.7 Å². The summed E-state index contributed by atoms with van der Waals surface area (Å²) < 4.78 is 10.8. The number of nitrogens with zero attached hydrogens (tertiary/aromatic N) is 4. The third-order valence-electron chi connectivity index (χ3n) is 7.34. The minimum Gasteiger partial charge on any atom is -0.497 e. The van der Waals surface area contributed by atoms with Gasteiger partial charge in [-0.15, -0.1) is 0 Å². The monoisotopic (exact) mass is 489 g/mol. The van der Waals surface area contributed by atoms with E-state index in [9.17, 15) is 4.79 Å². The number of amides is 1. The maximum absolute atomic E-state index is 12.8. The second-order valence-electron chi connectivity index (χ2n) is 10.0. The first-order valence-corrected chi connectivity index (χ1v) is 12.9. The van der Waals surface area contributed by atoms with Crippen LogP contribution in [0.25, 0.3) is 11.4 Å². The average Bonchev–Trinajstić information content (AvgIpc) is 3.59. The molecule has 8 nitrogen and oxygen atoms in total. The van der Waals surface area contributed by atoms with Crippen LogP contribution in [0.3, 0.4) is 0 Å². The van der Waals surface area contributed by atoms with Crippen LogP contribution in [-0.2, 0) is 11.3 Å². The highest BCUT2D eigenvalue weighted by Crippen LogP contribution is 2.27. The maximum Gasteiger partial charge on any atom is 0.324 e. The van der Waals surface area contributed by atoms with Crippen molar-refractivity contribution in [2.75, 3.05) is 44.7 Å². The molecule has 1 N–H and O–H groups in total. The SMILES string of the molecule is COc1cccc(-c2noc(N3CCC(C(=O)NCC4CCN(Cc5ccc(C)cc5)C4)CC3)n2)c1. The standard InChI is InChI=1S/C28H35N5O3/c1-20-6-8-21(9-7-20)18-32-13-10-22(19-32)17-29-27(34)23-11-14-33(15-12-23)28-30-26(31-36-28)24-4-3-5-25(16-24)35-2/h3-9,16,22-23H,10-15,17-19H2,1-2H3,(H,29,34). The molecule has 2 aliphatic rings. The van der Waals surface area contributed by atoms with E-state index >= 15 is 0 Å². The Morgan fingerprint density at radius 3 is 2.69 bits per heavy atom. The molecule has 8 heteroatoms. The van der Waals surface area contributed by atoms with Crippen molar-refractivity contribution in [2.24, 2.45) is 11.8 Å². The number of nitrogens with one attached hydrogen (secondary N) is 1. The number of methoxy groups -OCH3 is 1. The molecule has 5 rings (SSSR count). The predicted molar refractivity (Wildman–Crippen MR) is 139 cm³/mol. The second-order valence-corrected chi connectivity index (χ2v) is 10.0. The zero-order valence-electron chi connectivity index (χ0n) is 21.2. The Morgan fingerprint density at radius 1 is 1.11 bits per heavy atom. The van der Waals surface area contributed by atoms with E-state index in [1.807, 2.05) is 24.3 Å². The summed E-state index contributed by atoms with van der Waals surface area (Å²) in [6, 6.07) is 16.9. The third-order valence-corrected chi connectivity index (χ3v) is 7.34. The van der Waals surface area contributed by atoms with Gasteiger partial charge >= 0.3 is 6.01 Å². The lowest BCUT2D eigenvalue weighted by Crippen LogP contribution is -2.42. The van der Waals surface area contributed by atoms with E-state index in [-0.39, 0.29) is 11.8 Å². The van der Waals surface area contributed by atoms with E-state index in [2.05, 4.69) is 56.4 Å². The lowest BCUT2D eigenvalue weighted by atomic mass is 9.96. The van der Waals surface area contributed by atoms with Gasteiger partial charge in [-0.3, -0.25) is 9.69 Å². The van der Waals surface area contributed by atoms with Crippen LogP contribution >= 0.6 is 0 Å². The summed E-state index contributed by atoms with van der Waals surface area (Å²) in [5.41, 5.74) is 3.50. The van der Waals surface area contributed by atoms with Gasteiger partial charge in [0.15, 0.2) is 0 Å². The fourth-order valence-electron chi connectivity index (χ4n) is 5.12. The Hall–Kier alpha value is -3.39. The summed E-state index contributed by atoms with van der Waals surface area (Å²) in [7, 11) is 1.64. The molecule has 3 heterocycles. The van der Waals surface area contributed by atoms with Crippen molar-refractivity contribution in [3.8, 4) is 17.1 Å². The van der Waals surface area contributed by atoms with E-state index in [1.54, 1.807) is 7.11 Å². The molecule has 36 heavy (non-hydrogen) atoms. The zero-order chi connectivity index (χ0) is 24.9. The molecule has 0 saturated carbocycles. The summed E-state index contributed by atoms with van der Waals surface area (Å²) in [5.74, 6) is 2.02. The molecule has 1 unspecified atom stereocenters. The van der Waals surface area contributed by atoms with Gasteiger partial charge in [0.2, 0.25) is 11.7 Å². The van der Waals surface area contributed by atoms with Crippen molar-refractivity contribution in [3.63, 3.8) is 0 Å². The van der Waals surface area contributed by atoms with Gasteiger partial charge in [0.05, 0.1) is 7.11 Å². The van der Waals surface area contributed by atoms with Gasteiger partial charge in [-0.2, -0.15) is 4.98 Å². The molecular weight excluding hydrogens is 454 g/mol. The largest absolute Gasteiger partial charge is 0.497 e. The highest BCUT2D eigenvalue weighted by molar-refractivity contribution is 5.79. The van der Waals surface area contributed by atoms with Gasteiger partial charge in [0, 0.05) is 44.2 Å². The van der Waals surface area contributed by atoms with E-state index < -0.39 is 0 Å². The number of piperidine rings is 1. The Morgan fingerprint density at radius 2 is 1.92 bits per heavy atom. The molecule has 1 amide bonds. The normalized spacial score (nSPS) is 18.9. The molecule has 2 saturated heterocycles. The smallest absolute Gasteiger partial charge is 0.324 e. The van der Waals surface area contributed by atoms with Crippen LogP contribution in [0, 0.1) is 18.8 Å². The minimum absolute atomic E-state index is 0.0343. The van der Waals surface area contributed by atoms with Gasteiger partial charge in [0.1, 0.15) is 5.75 Å². The van der Waals surface area contributed by atoms with E-state index in [1.165, 1.54) is 11.1 Å². The summed E-state index contributed by atoms with van der Waals surface area (Å²) in [5, 5.41) is 7.36. The van der Waals surface area contributed by atoms with Crippen LogP contribution in [-0.4, -0.2) is 60.8 Å². The van der Waals surface area contributed by atoms with E-state index in [0.29, 0.717) is 17.8 Å². The molecule has 0 radical (unpaired) electrons. The van der Waals surface area contributed by atoms with Crippen molar-refractivity contribution in [1.82, 2.24) is 20.4 Å². The summed E-state index contributed by atoms with van der Waals surface area (Å²) in [6.07, 6.45) is 2.71. The zero-order valence-corrected chi connectivity index (χ0v) is 21.2. The first-order chi connectivity index (χ1) is 17.6. The van der Waals surface area contributed by atoms with Crippen molar-refractivity contribution >= 4 is 11.9 Å². The Labute approximate surface area is 212 Å². The molecule has 1 atom stereocenters. The van der Waals surface area contributed by atoms with E-state index in [4.69, 9.17) is 9.26 Å². The fourth-order valence-corrected chi connectivity index (χ4v) is 5.12. The number of aryl methyl sites for hydroxylation is 1. The Balaban J connectivity index is 1.05. The molecule has 0 bridgehead atoms. The number of carbonyl (C=O) groups is 1. The van der Waals surface area contributed by atoms with Crippen LogP contribution in [0.15, 0.2) is 53.1 Å². The van der Waals surface area contributed by atoms with E-state index in [0.717, 1.165) is 69.8 Å². The molecule has 2 aliphatic heterocycles. The molecular formula is C28H35N5O3. The number of aromatic nitrogens is 2. The highest BCUT2D eigenvalue weighted by Gasteiger charge is 2.29. The van der Waals surface area contributed by atoms with Crippen molar-refractivity contribution < 1.29 is 14.1 Å². The number of hydrogen-bond acceptors (Lipinski definition) is 7. The predicted octanol–water partition coefficient (Wildman–Crippen LogP) is 3.91. The van der Waals surface area contributed by atoms with Crippen LogP contribution in [0.1, 0.15) is 30.4 Å². The van der Waals surface area contributed by atoms with Gasteiger partial charge in [-0.25, -0.2) is 0 Å². The quantitative estimate of drug-likeness (QED) is 0.514. The molecule has 2 fully saturated rings. The highest BCUT2D eigenvalue weighted by atomic mass is 16.5. The lowest BCUT2D eigenvalue weighted by molar-refractivity contribution is -0.125. The molecule has 3 aromatic rings.